The van der Waals surface area contributed by atoms with Gasteiger partial charge >= 0.3 is 6.09 Å². The van der Waals surface area contributed by atoms with Crippen molar-refractivity contribution in [1.82, 2.24) is 24.9 Å². The van der Waals surface area contributed by atoms with Crippen LogP contribution in [0, 0.1) is 5.92 Å². The molecule has 1 amide bonds. The molecule has 0 radical (unpaired) electrons. The highest BCUT2D eigenvalue weighted by atomic mass is 16.5. The molecule has 32 heavy (non-hydrogen) atoms. The SMILES string of the molecule is CCc1nnc2c(NCCCCNC(=O)OCC(C)C)nc3cc(OC)c(OC)cc3n12. The van der Waals surface area contributed by atoms with Gasteiger partial charge in [0.15, 0.2) is 17.3 Å². The van der Waals surface area contributed by atoms with E-state index >= 15 is 0 Å². The first-order valence-corrected chi connectivity index (χ1v) is 10.9. The summed E-state index contributed by atoms with van der Waals surface area (Å²) in [6, 6.07) is 3.75. The van der Waals surface area contributed by atoms with E-state index in [0.717, 1.165) is 36.1 Å². The number of unbranched alkanes of at least 4 members (excludes halogenated alkanes) is 1. The summed E-state index contributed by atoms with van der Waals surface area (Å²) in [7, 11) is 3.21. The van der Waals surface area contributed by atoms with Gasteiger partial charge in [0.25, 0.3) is 0 Å². The first kappa shape index (κ1) is 23.4. The molecule has 3 aromatic rings. The molecule has 2 N–H and O–H groups in total. The van der Waals surface area contributed by atoms with E-state index in [2.05, 4.69) is 20.8 Å². The minimum absolute atomic E-state index is 0.322. The van der Waals surface area contributed by atoms with E-state index in [4.69, 9.17) is 19.2 Å². The van der Waals surface area contributed by atoms with E-state index in [0.29, 0.717) is 48.6 Å². The number of carbonyl (C=O) groups excluding carboxylic acids is 1. The van der Waals surface area contributed by atoms with Crippen LogP contribution >= 0.6 is 0 Å². The van der Waals surface area contributed by atoms with E-state index in [1.807, 2.05) is 37.3 Å². The van der Waals surface area contributed by atoms with E-state index in [1.165, 1.54) is 0 Å². The normalized spacial score (nSPS) is 11.2. The summed E-state index contributed by atoms with van der Waals surface area (Å²) >= 11 is 0. The molecule has 0 unspecified atom stereocenters. The van der Waals surface area contributed by atoms with Gasteiger partial charge in [-0.1, -0.05) is 20.8 Å². The van der Waals surface area contributed by atoms with E-state index in [9.17, 15) is 4.79 Å². The number of aryl methyl sites for hydroxylation is 1. The Morgan fingerprint density at radius 3 is 2.50 bits per heavy atom. The van der Waals surface area contributed by atoms with Crippen molar-refractivity contribution in [3.05, 3.63) is 18.0 Å². The van der Waals surface area contributed by atoms with Crippen LogP contribution in [0.2, 0.25) is 0 Å². The van der Waals surface area contributed by atoms with Crippen molar-refractivity contribution in [1.29, 1.82) is 0 Å². The third-order valence-corrected chi connectivity index (χ3v) is 4.93. The molecule has 0 saturated heterocycles. The first-order valence-electron chi connectivity index (χ1n) is 10.9. The number of ether oxygens (including phenoxy) is 3. The van der Waals surface area contributed by atoms with Gasteiger partial charge in [0.2, 0.25) is 5.65 Å². The summed E-state index contributed by atoms with van der Waals surface area (Å²) in [6.07, 6.45) is 2.01. The topological polar surface area (TPSA) is 112 Å². The maximum atomic E-state index is 11.6. The van der Waals surface area contributed by atoms with Gasteiger partial charge in [-0.3, -0.25) is 4.40 Å². The van der Waals surface area contributed by atoms with E-state index < -0.39 is 0 Å². The van der Waals surface area contributed by atoms with Crippen molar-refractivity contribution in [2.24, 2.45) is 5.92 Å². The third kappa shape index (κ3) is 5.30. The zero-order valence-electron chi connectivity index (χ0n) is 19.4. The minimum Gasteiger partial charge on any atom is -0.493 e. The van der Waals surface area contributed by atoms with Crippen LogP contribution in [0.1, 0.15) is 39.4 Å². The lowest BCUT2D eigenvalue weighted by Crippen LogP contribution is -2.26. The molecule has 2 aromatic heterocycles. The molecule has 0 saturated carbocycles. The Morgan fingerprint density at radius 2 is 1.81 bits per heavy atom. The lowest BCUT2D eigenvalue weighted by atomic mass is 10.2. The number of hydrogen-bond acceptors (Lipinski definition) is 8. The van der Waals surface area contributed by atoms with Crippen molar-refractivity contribution in [3.8, 4) is 11.5 Å². The second-order valence-corrected chi connectivity index (χ2v) is 7.84. The van der Waals surface area contributed by atoms with Gasteiger partial charge in [0, 0.05) is 31.6 Å². The molecule has 2 heterocycles. The maximum absolute atomic E-state index is 11.6. The van der Waals surface area contributed by atoms with E-state index in [-0.39, 0.29) is 6.09 Å². The summed E-state index contributed by atoms with van der Waals surface area (Å²) < 4.78 is 18.0. The molecule has 0 aliphatic rings. The van der Waals surface area contributed by atoms with Crippen molar-refractivity contribution < 1.29 is 19.0 Å². The highest BCUT2D eigenvalue weighted by Gasteiger charge is 2.17. The van der Waals surface area contributed by atoms with Gasteiger partial charge in [-0.05, 0) is 18.8 Å². The van der Waals surface area contributed by atoms with Gasteiger partial charge in [-0.15, -0.1) is 10.2 Å². The molecule has 0 aliphatic carbocycles. The zero-order chi connectivity index (χ0) is 23.1. The second kappa shape index (κ2) is 10.8. The number of hydrogen-bond donors (Lipinski definition) is 2. The van der Waals surface area contributed by atoms with Crippen LogP contribution in [0.4, 0.5) is 10.6 Å². The monoisotopic (exact) mass is 444 g/mol. The predicted octanol–water partition coefficient (Wildman–Crippen LogP) is 3.43. The molecule has 3 rings (SSSR count). The number of nitrogens with one attached hydrogen (secondary N) is 2. The molecule has 10 nitrogen and oxygen atoms in total. The lowest BCUT2D eigenvalue weighted by Gasteiger charge is -2.13. The number of fused-ring (bicyclic) bond motifs is 3. The Balaban J connectivity index is 1.70. The Labute approximate surface area is 187 Å². The summed E-state index contributed by atoms with van der Waals surface area (Å²) in [5, 5.41) is 14.8. The molecule has 0 aliphatic heterocycles. The van der Waals surface area contributed by atoms with E-state index in [1.54, 1.807) is 14.2 Å². The van der Waals surface area contributed by atoms with Crippen LogP contribution in [0.5, 0.6) is 11.5 Å². The third-order valence-electron chi connectivity index (χ3n) is 4.93. The van der Waals surface area contributed by atoms with Crippen LogP contribution in [0.25, 0.3) is 16.7 Å². The predicted molar refractivity (Wildman–Crippen MR) is 123 cm³/mol. The number of benzene rings is 1. The Hall–Kier alpha value is -3.30. The van der Waals surface area contributed by atoms with Gasteiger partial charge in [0.05, 0.1) is 31.9 Å². The average molecular weight is 445 g/mol. The Bertz CT molecular complexity index is 1070. The van der Waals surface area contributed by atoms with Crippen molar-refractivity contribution in [2.75, 3.05) is 39.2 Å². The molecule has 0 fully saturated rings. The summed E-state index contributed by atoms with van der Waals surface area (Å²) in [6.45, 7) is 7.70. The summed E-state index contributed by atoms with van der Waals surface area (Å²) in [5.41, 5.74) is 2.27. The standard InChI is InChI=1S/C22H32N6O4/c1-6-19-26-27-21-20(23-9-7-8-10-24-22(29)32-13-14(2)3)25-15-11-17(30-4)18(31-5)12-16(15)28(19)21/h11-12,14H,6-10,13H2,1-5H3,(H,23,25)(H,24,29). The Kier molecular flexibility index (Phi) is 7.91. The lowest BCUT2D eigenvalue weighted by molar-refractivity contribution is 0.133. The number of aromatic nitrogens is 4. The van der Waals surface area contributed by atoms with Crippen molar-refractivity contribution in [3.63, 3.8) is 0 Å². The highest BCUT2D eigenvalue weighted by Crippen LogP contribution is 2.33. The number of nitrogens with zero attached hydrogens (tertiary/aromatic N) is 4. The number of anilines is 1. The molecule has 174 valence electrons. The van der Waals surface area contributed by atoms with Crippen LogP contribution < -0.4 is 20.1 Å². The van der Waals surface area contributed by atoms with Crippen LogP contribution in [0.3, 0.4) is 0 Å². The first-order chi connectivity index (χ1) is 15.5. The van der Waals surface area contributed by atoms with Crippen LogP contribution in [-0.4, -0.2) is 59.6 Å². The number of carbonyl (C=O) groups is 1. The smallest absolute Gasteiger partial charge is 0.407 e. The number of methoxy groups -OCH3 is 2. The quantitative estimate of drug-likeness (QED) is 0.433. The second-order valence-electron chi connectivity index (χ2n) is 7.84. The average Bonchev–Trinajstić information content (AvgIpc) is 3.23. The molecule has 0 spiro atoms. The van der Waals surface area contributed by atoms with Crippen molar-refractivity contribution >= 4 is 28.6 Å². The summed E-state index contributed by atoms with van der Waals surface area (Å²) in [4.78, 5) is 16.4. The van der Waals surface area contributed by atoms with Gasteiger partial charge < -0.3 is 24.8 Å². The molecular weight excluding hydrogens is 412 g/mol. The minimum atomic E-state index is -0.371. The number of alkyl carbamates (subject to hydrolysis) is 1. The maximum Gasteiger partial charge on any atom is 0.407 e. The fourth-order valence-corrected chi connectivity index (χ4v) is 3.31. The zero-order valence-corrected chi connectivity index (χ0v) is 19.4. The molecule has 0 bridgehead atoms. The highest BCUT2D eigenvalue weighted by molar-refractivity contribution is 5.85. The van der Waals surface area contributed by atoms with Gasteiger partial charge in [-0.2, -0.15) is 0 Å². The number of rotatable bonds is 11. The van der Waals surface area contributed by atoms with Crippen molar-refractivity contribution in [2.45, 2.75) is 40.0 Å². The molecule has 10 heteroatoms. The Morgan fingerprint density at radius 1 is 1.09 bits per heavy atom. The largest absolute Gasteiger partial charge is 0.493 e. The molecule has 1 aromatic carbocycles. The fraction of sp³-hybridized carbons (Fsp3) is 0.545. The van der Waals surface area contributed by atoms with Crippen LogP contribution in [-0.2, 0) is 11.2 Å². The van der Waals surface area contributed by atoms with Gasteiger partial charge in [-0.25, -0.2) is 9.78 Å². The number of amides is 1. The summed E-state index contributed by atoms with van der Waals surface area (Å²) in [5.74, 6) is 3.05. The molecule has 0 atom stereocenters. The molecular formula is C22H32N6O4. The van der Waals surface area contributed by atoms with Crippen LogP contribution in [0.15, 0.2) is 12.1 Å². The fourth-order valence-electron chi connectivity index (χ4n) is 3.31. The van der Waals surface area contributed by atoms with Gasteiger partial charge in [0.1, 0.15) is 5.82 Å².